The number of halogens is 2. The lowest BCUT2D eigenvalue weighted by Crippen LogP contribution is -2.09. The van der Waals surface area contributed by atoms with Crippen LogP contribution in [0.4, 0.5) is 14.5 Å². The van der Waals surface area contributed by atoms with Crippen LogP contribution in [0, 0.1) is 11.6 Å². The third-order valence-corrected chi connectivity index (χ3v) is 3.16. The van der Waals surface area contributed by atoms with E-state index in [0.717, 1.165) is 12.1 Å². The Bertz CT molecular complexity index is 803. The van der Waals surface area contributed by atoms with E-state index in [9.17, 15) is 13.6 Å². The minimum Gasteiger partial charge on any atom is -0.493 e. The van der Waals surface area contributed by atoms with Crippen LogP contribution in [0.1, 0.15) is 5.56 Å². The van der Waals surface area contributed by atoms with Crippen LogP contribution in [-0.4, -0.2) is 19.6 Å². The van der Waals surface area contributed by atoms with Gasteiger partial charge in [0.05, 0.1) is 12.8 Å². The average molecular weight is 345 g/mol. The van der Waals surface area contributed by atoms with Gasteiger partial charge in [0.2, 0.25) is 5.91 Å². The quantitative estimate of drug-likeness (QED) is 0.605. The van der Waals surface area contributed by atoms with Crippen molar-refractivity contribution in [3.63, 3.8) is 0 Å². The zero-order chi connectivity index (χ0) is 18.2. The topological polar surface area (TPSA) is 47.6 Å². The van der Waals surface area contributed by atoms with Gasteiger partial charge in [0.15, 0.2) is 11.5 Å². The number of benzene rings is 2. The molecule has 1 amide bonds. The molecule has 0 fully saturated rings. The Kier molecular flexibility index (Phi) is 6.28. The average Bonchev–Trinajstić information content (AvgIpc) is 2.60. The highest BCUT2D eigenvalue weighted by Crippen LogP contribution is 2.28. The van der Waals surface area contributed by atoms with Gasteiger partial charge in [-0.25, -0.2) is 8.78 Å². The molecule has 0 unspecified atom stereocenters. The first-order chi connectivity index (χ1) is 12.0. The fraction of sp³-hybridized carbons (Fsp3) is 0.105. The Morgan fingerprint density at radius 2 is 2.00 bits per heavy atom. The van der Waals surface area contributed by atoms with E-state index in [1.807, 2.05) is 0 Å². The molecule has 2 rings (SSSR count). The van der Waals surface area contributed by atoms with Crippen molar-refractivity contribution in [3.05, 3.63) is 72.3 Å². The number of nitrogens with one attached hydrogen (secondary N) is 1. The summed E-state index contributed by atoms with van der Waals surface area (Å²) >= 11 is 0. The molecule has 25 heavy (non-hydrogen) atoms. The molecule has 2 aromatic carbocycles. The van der Waals surface area contributed by atoms with Crippen molar-refractivity contribution >= 4 is 17.7 Å². The summed E-state index contributed by atoms with van der Waals surface area (Å²) in [6, 6.07) is 8.07. The number of hydrogen-bond donors (Lipinski definition) is 1. The molecule has 6 heteroatoms. The minimum atomic E-state index is -0.841. The SMILES string of the molecule is C=CCOc1ccc(/C=C/C(=O)Nc2ccc(F)cc2F)cc1OC. The molecule has 0 saturated carbocycles. The molecule has 0 aliphatic carbocycles. The van der Waals surface area contributed by atoms with Gasteiger partial charge in [-0.05, 0) is 35.9 Å². The molecule has 4 nitrogen and oxygen atoms in total. The predicted octanol–water partition coefficient (Wildman–Crippen LogP) is 4.19. The molecule has 0 bridgehead atoms. The second-order valence-electron chi connectivity index (χ2n) is 4.96. The van der Waals surface area contributed by atoms with Crippen molar-refractivity contribution in [2.75, 3.05) is 19.0 Å². The number of carbonyl (C=O) groups excluding carboxylic acids is 1. The maximum Gasteiger partial charge on any atom is 0.248 e. The first kappa shape index (κ1) is 18.2. The van der Waals surface area contributed by atoms with E-state index in [0.29, 0.717) is 29.7 Å². The van der Waals surface area contributed by atoms with Crippen LogP contribution in [0.25, 0.3) is 6.08 Å². The van der Waals surface area contributed by atoms with Gasteiger partial charge in [0, 0.05) is 12.1 Å². The second-order valence-corrected chi connectivity index (χ2v) is 4.96. The molecule has 0 atom stereocenters. The number of ether oxygens (including phenoxy) is 2. The van der Waals surface area contributed by atoms with Gasteiger partial charge in [-0.1, -0.05) is 18.7 Å². The van der Waals surface area contributed by atoms with E-state index >= 15 is 0 Å². The fourth-order valence-electron chi connectivity index (χ4n) is 1.99. The number of hydrogen-bond acceptors (Lipinski definition) is 3. The lowest BCUT2D eigenvalue weighted by molar-refractivity contribution is -0.111. The van der Waals surface area contributed by atoms with Crippen LogP contribution in [0.5, 0.6) is 11.5 Å². The zero-order valence-electron chi connectivity index (χ0n) is 13.6. The molecule has 0 radical (unpaired) electrons. The number of anilines is 1. The Hall–Kier alpha value is -3.15. The van der Waals surface area contributed by atoms with E-state index in [1.54, 1.807) is 24.3 Å². The van der Waals surface area contributed by atoms with Gasteiger partial charge in [-0.2, -0.15) is 0 Å². The number of carbonyl (C=O) groups is 1. The number of amides is 1. The van der Waals surface area contributed by atoms with Crippen molar-refractivity contribution < 1.29 is 23.0 Å². The van der Waals surface area contributed by atoms with E-state index in [2.05, 4.69) is 11.9 Å². The maximum absolute atomic E-state index is 13.5. The molecule has 0 saturated heterocycles. The molecule has 0 spiro atoms. The lowest BCUT2D eigenvalue weighted by Gasteiger charge is -2.09. The van der Waals surface area contributed by atoms with Crippen molar-refractivity contribution in [1.82, 2.24) is 0 Å². The van der Waals surface area contributed by atoms with E-state index in [4.69, 9.17) is 9.47 Å². The Labute approximate surface area is 144 Å². The van der Waals surface area contributed by atoms with Crippen LogP contribution >= 0.6 is 0 Å². The molecule has 0 aromatic heterocycles. The normalized spacial score (nSPS) is 10.5. The van der Waals surface area contributed by atoms with Gasteiger partial charge in [-0.15, -0.1) is 0 Å². The summed E-state index contributed by atoms with van der Waals surface area (Å²) in [5, 5.41) is 2.34. The molecule has 1 N–H and O–H groups in total. The standard InChI is InChI=1S/C19H17F2NO3/c1-3-10-25-17-8-4-13(11-18(17)24-2)5-9-19(23)22-16-7-6-14(20)12-15(16)21/h3-9,11-12H,1,10H2,2H3,(H,22,23)/b9-5+. The highest BCUT2D eigenvalue weighted by Gasteiger charge is 2.07. The van der Waals surface area contributed by atoms with E-state index in [-0.39, 0.29) is 5.69 Å². The maximum atomic E-state index is 13.5. The van der Waals surface area contributed by atoms with Crippen molar-refractivity contribution in [2.45, 2.75) is 0 Å². The highest BCUT2D eigenvalue weighted by molar-refractivity contribution is 6.02. The Morgan fingerprint density at radius 1 is 1.20 bits per heavy atom. The van der Waals surface area contributed by atoms with E-state index in [1.165, 1.54) is 19.3 Å². The number of rotatable bonds is 7. The Morgan fingerprint density at radius 3 is 2.68 bits per heavy atom. The van der Waals surface area contributed by atoms with Gasteiger partial charge in [0.25, 0.3) is 0 Å². The monoisotopic (exact) mass is 345 g/mol. The summed E-state index contributed by atoms with van der Waals surface area (Å²) < 4.78 is 37.0. The Balaban J connectivity index is 2.07. The third-order valence-electron chi connectivity index (χ3n) is 3.16. The fourth-order valence-corrected chi connectivity index (χ4v) is 1.99. The molecular weight excluding hydrogens is 328 g/mol. The zero-order valence-corrected chi connectivity index (χ0v) is 13.6. The predicted molar refractivity (Wildman–Crippen MR) is 92.7 cm³/mol. The van der Waals surface area contributed by atoms with Crippen molar-refractivity contribution in [1.29, 1.82) is 0 Å². The van der Waals surface area contributed by atoms with E-state index < -0.39 is 17.5 Å². The highest BCUT2D eigenvalue weighted by atomic mass is 19.1. The smallest absolute Gasteiger partial charge is 0.248 e. The number of methoxy groups -OCH3 is 1. The molecular formula is C19H17F2NO3. The molecule has 0 aliphatic rings. The first-order valence-corrected chi connectivity index (χ1v) is 7.39. The molecule has 0 aliphatic heterocycles. The summed E-state index contributed by atoms with van der Waals surface area (Å²) in [5.41, 5.74) is 0.597. The largest absolute Gasteiger partial charge is 0.493 e. The van der Waals surface area contributed by atoms with Crippen molar-refractivity contribution in [2.24, 2.45) is 0 Å². The summed E-state index contributed by atoms with van der Waals surface area (Å²) in [6.45, 7) is 3.92. The van der Waals surface area contributed by atoms with Crippen LogP contribution < -0.4 is 14.8 Å². The minimum absolute atomic E-state index is 0.0956. The second kappa shape index (κ2) is 8.63. The van der Waals surface area contributed by atoms with Crippen LogP contribution in [0.3, 0.4) is 0 Å². The molecule has 130 valence electrons. The van der Waals surface area contributed by atoms with Gasteiger partial charge in [0.1, 0.15) is 18.2 Å². The van der Waals surface area contributed by atoms with Crippen LogP contribution in [-0.2, 0) is 4.79 Å². The van der Waals surface area contributed by atoms with Gasteiger partial charge in [-0.3, -0.25) is 4.79 Å². The van der Waals surface area contributed by atoms with Gasteiger partial charge < -0.3 is 14.8 Å². The van der Waals surface area contributed by atoms with Crippen LogP contribution in [0.15, 0.2) is 55.1 Å². The third kappa shape index (κ3) is 5.17. The van der Waals surface area contributed by atoms with Crippen molar-refractivity contribution in [3.8, 4) is 11.5 Å². The van der Waals surface area contributed by atoms with Gasteiger partial charge >= 0.3 is 0 Å². The molecule has 0 heterocycles. The molecule has 2 aromatic rings. The summed E-state index contributed by atoms with van der Waals surface area (Å²) in [7, 11) is 1.51. The first-order valence-electron chi connectivity index (χ1n) is 7.39. The summed E-state index contributed by atoms with van der Waals surface area (Å²) in [5.74, 6) is -1.04. The lowest BCUT2D eigenvalue weighted by atomic mass is 10.2. The summed E-state index contributed by atoms with van der Waals surface area (Å²) in [6.07, 6.45) is 4.39. The summed E-state index contributed by atoms with van der Waals surface area (Å²) in [4.78, 5) is 11.9. The van der Waals surface area contributed by atoms with Crippen LogP contribution in [0.2, 0.25) is 0 Å².